The second kappa shape index (κ2) is 7.70. The van der Waals surface area contributed by atoms with Crippen LogP contribution in [0, 0.1) is 5.92 Å². The maximum atomic E-state index is 12.2. The summed E-state index contributed by atoms with van der Waals surface area (Å²) in [5.41, 5.74) is 0. The Morgan fingerprint density at radius 2 is 1.94 bits per heavy atom. The van der Waals surface area contributed by atoms with Crippen molar-refractivity contribution in [1.29, 1.82) is 0 Å². The Labute approximate surface area is 106 Å². The van der Waals surface area contributed by atoms with Crippen LogP contribution in [0.1, 0.15) is 52.9 Å². The molecule has 1 fully saturated rings. The van der Waals surface area contributed by atoms with Crippen LogP contribution in [0.15, 0.2) is 0 Å². The molecule has 1 heterocycles. The van der Waals surface area contributed by atoms with E-state index in [2.05, 4.69) is 26.1 Å². The summed E-state index contributed by atoms with van der Waals surface area (Å²) in [4.78, 5) is 14.3. The predicted molar refractivity (Wildman–Crippen MR) is 72.0 cm³/mol. The molecule has 0 aliphatic carbocycles. The van der Waals surface area contributed by atoms with Crippen LogP contribution in [0.5, 0.6) is 0 Å². The van der Waals surface area contributed by atoms with E-state index in [9.17, 15) is 4.79 Å². The van der Waals surface area contributed by atoms with Gasteiger partial charge < -0.3 is 10.2 Å². The van der Waals surface area contributed by atoms with Crippen molar-refractivity contribution < 1.29 is 4.79 Å². The third-order valence-electron chi connectivity index (χ3n) is 3.66. The van der Waals surface area contributed by atoms with Gasteiger partial charge in [-0.3, -0.25) is 4.79 Å². The normalized spacial score (nSPS) is 24.6. The van der Waals surface area contributed by atoms with Crippen LogP contribution >= 0.6 is 0 Å². The minimum absolute atomic E-state index is 0.333. The Morgan fingerprint density at radius 3 is 2.47 bits per heavy atom. The first kappa shape index (κ1) is 14.5. The molecule has 0 spiro atoms. The zero-order chi connectivity index (χ0) is 12.7. The van der Waals surface area contributed by atoms with Gasteiger partial charge in [-0.15, -0.1) is 0 Å². The highest BCUT2D eigenvalue weighted by molar-refractivity contribution is 5.76. The molecule has 1 aliphatic heterocycles. The van der Waals surface area contributed by atoms with Gasteiger partial charge in [0.15, 0.2) is 0 Å². The molecule has 2 atom stereocenters. The van der Waals surface area contributed by atoms with Gasteiger partial charge in [-0.2, -0.15) is 0 Å². The molecule has 0 bridgehead atoms. The van der Waals surface area contributed by atoms with E-state index in [1.807, 2.05) is 4.90 Å². The number of carbonyl (C=O) groups is 1. The topological polar surface area (TPSA) is 32.3 Å². The fourth-order valence-electron chi connectivity index (χ4n) is 2.61. The van der Waals surface area contributed by atoms with E-state index in [0.717, 1.165) is 32.5 Å². The summed E-state index contributed by atoms with van der Waals surface area (Å²) < 4.78 is 0. The second-order valence-electron chi connectivity index (χ2n) is 5.27. The van der Waals surface area contributed by atoms with Gasteiger partial charge in [0.05, 0.1) is 0 Å². The summed E-state index contributed by atoms with van der Waals surface area (Å²) in [6.07, 6.45) is 5.30. The number of rotatable bonds is 6. The molecule has 1 saturated heterocycles. The number of carbonyl (C=O) groups excluding carboxylic acids is 1. The lowest BCUT2D eigenvalue weighted by molar-refractivity contribution is -0.132. The molecule has 1 aliphatic rings. The van der Waals surface area contributed by atoms with Crippen molar-refractivity contribution in [3.8, 4) is 0 Å². The smallest absolute Gasteiger partial charge is 0.224 e. The number of hydrogen-bond acceptors (Lipinski definition) is 2. The molecule has 100 valence electrons. The van der Waals surface area contributed by atoms with Crippen LogP contribution in [-0.2, 0) is 4.79 Å². The van der Waals surface area contributed by atoms with Gasteiger partial charge in [0.2, 0.25) is 5.91 Å². The highest BCUT2D eigenvalue weighted by atomic mass is 16.2. The zero-order valence-corrected chi connectivity index (χ0v) is 11.7. The third kappa shape index (κ3) is 4.66. The first-order valence-corrected chi connectivity index (χ1v) is 7.20. The molecule has 0 aromatic carbocycles. The first-order valence-electron chi connectivity index (χ1n) is 7.20. The molecule has 1 rings (SSSR count). The summed E-state index contributed by atoms with van der Waals surface area (Å²) in [5.74, 6) is 0.970. The van der Waals surface area contributed by atoms with Gasteiger partial charge in [0.1, 0.15) is 0 Å². The van der Waals surface area contributed by atoms with E-state index >= 15 is 0 Å². The average molecular weight is 240 g/mol. The van der Waals surface area contributed by atoms with Crippen molar-refractivity contribution in [3.05, 3.63) is 0 Å². The highest BCUT2D eigenvalue weighted by Crippen LogP contribution is 2.18. The van der Waals surface area contributed by atoms with Crippen molar-refractivity contribution in [3.63, 3.8) is 0 Å². The first-order chi connectivity index (χ1) is 8.19. The largest absolute Gasteiger partial charge is 0.343 e. The number of amides is 1. The maximum absolute atomic E-state index is 12.2. The van der Waals surface area contributed by atoms with Crippen LogP contribution in [0.25, 0.3) is 0 Å². The van der Waals surface area contributed by atoms with Crippen LogP contribution in [0.2, 0.25) is 0 Å². The van der Waals surface area contributed by atoms with E-state index in [4.69, 9.17) is 0 Å². The minimum atomic E-state index is 0.333. The van der Waals surface area contributed by atoms with Crippen molar-refractivity contribution in [2.45, 2.75) is 58.9 Å². The predicted octanol–water partition coefficient (Wildman–Crippen LogP) is 2.41. The monoisotopic (exact) mass is 240 g/mol. The Bertz CT molecular complexity index is 224. The second-order valence-corrected chi connectivity index (χ2v) is 5.27. The molecule has 0 saturated carbocycles. The van der Waals surface area contributed by atoms with Gasteiger partial charge in [-0.05, 0) is 38.1 Å². The molecule has 1 N–H and O–H groups in total. The highest BCUT2D eigenvalue weighted by Gasteiger charge is 2.25. The van der Waals surface area contributed by atoms with Gasteiger partial charge >= 0.3 is 0 Å². The lowest BCUT2D eigenvalue weighted by Crippen LogP contribution is -2.44. The number of nitrogens with one attached hydrogen (secondary N) is 1. The molecular formula is C14H28N2O. The zero-order valence-electron chi connectivity index (χ0n) is 11.7. The quantitative estimate of drug-likeness (QED) is 0.773. The van der Waals surface area contributed by atoms with E-state index in [1.165, 1.54) is 12.8 Å². The van der Waals surface area contributed by atoms with Gasteiger partial charge in [0.25, 0.3) is 0 Å². The molecule has 3 heteroatoms. The van der Waals surface area contributed by atoms with Crippen molar-refractivity contribution in [2.75, 3.05) is 19.6 Å². The molecule has 1 amide bonds. The fourth-order valence-corrected chi connectivity index (χ4v) is 2.61. The van der Waals surface area contributed by atoms with E-state index in [1.54, 1.807) is 0 Å². The maximum Gasteiger partial charge on any atom is 0.224 e. The summed E-state index contributed by atoms with van der Waals surface area (Å²) in [6, 6.07) is 0.396. The molecule has 3 nitrogen and oxygen atoms in total. The van der Waals surface area contributed by atoms with Gasteiger partial charge in [-0.1, -0.05) is 20.8 Å². The molecule has 0 radical (unpaired) electrons. The Kier molecular flexibility index (Phi) is 6.56. The SMILES string of the molecule is CCCN(CCC)C(=O)CC1NCCCC1C. The van der Waals surface area contributed by atoms with E-state index in [0.29, 0.717) is 24.3 Å². The van der Waals surface area contributed by atoms with Gasteiger partial charge in [-0.25, -0.2) is 0 Å². The van der Waals surface area contributed by atoms with Gasteiger partial charge in [0, 0.05) is 25.6 Å². The summed E-state index contributed by atoms with van der Waals surface area (Å²) in [6.45, 7) is 9.42. The Balaban J connectivity index is 2.44. The fraction of sp³-hybridized carbons (Fsp3) is 0.929. The summed E-state index contributed by atoms with van der Waals surface area (Å²) in [5, 5.41) is 3.49. The Hall–Kier alpha value is -0.570. The van der Waals surface area contributed by atoms with Crippen LogP contribution < -0.4 is 5.32 Å². The van der Waals surface area contributed by atoms with Crippen molar-refractivity contribution >= 4 is 5.91 Å². The Morgan fingerprint density at radius 1 is 1.29 bits per heavy atom. The number of piperidine rings is 1. The summed E-state index contributed by atoms with van der Waals surface area (Å²) in [7, 11) is 0. The number of nitrogens with zero attached hydrogens (tertiary/aromatic N) is 1. The van der Waals surface area contributed by atoms with Crippen molar-refractivity contribution in [2.24, 2.45) is 5.92 Å². The summed E-state index contributed by atoms with van der Waals surface area (Å²) >= 11 is 0. The average Bonchev–Trinajstić information content (AvgIpc) is 2.32. The lowest BCUT2D eigenvalue weighted by atomic mass is 9.90. The minimum Gasteiger partial charge on any atom is -0.343 e. The molecule has 17 heavy (non-hydrogen) atoms. The van der Waals surface area contributed by atoms with Crippen LogP contribution in [-0.4, -0.2) is 36.5 Å². The number of hydrogen-bond donors (Lipinski definition) is 1. The molecule has 0 aromatic heterocycles. The lowest BCUT2D eigenvalue weighted by Gasteiger charge is -2.31. The molecular weight excluding hydrogens is 212 g/mol. The standard InChI is InChI=1S/C14H28N2O/c1-4-9-16(10-5-2)14(17)11-13-12(3)7-6-8-15-13/h12-13,15H,4-11H2,1-3H3. The van der Waals surface area contributed by atoms with E-state index < -0.39 is 0 Å². The van der Waals surface area contributed by atoms with E-state index in [-0.39, 0.29) is 0 Å². The third-order valence-corrected chi connectivity index (χ3v) is 3.66. The van der Waals surface area contributed by atoms with Crippen LogP contribution in [0.4, 0.5) is 0 Å². The molecule has 0 aromatic rings. The van der Waals surface area contributed by atoms with Crippen LogP contribution in [0.3, 0.4) is 0 Å². The van der Waals surface area contributed by atoms with Crippen molar-refractivity contribution in [1.82, 2.24) is 10.2 Å². The molecule has 2 unspecified atom stereocenters.